The zero-order valence-corrected chi connectivity index (χ0v) is 19.4. The summed E-state index contributed by atoms with van der Waals surface area (Å²) in [5, 5.41) is 8.85. The SMILES string of the molecule is Cc1ccc(C2CC(c3ccc(Cl)cc3)Nc3nc(N4C(=O)C5CC=CCC5C4=O)nn32)cc1. The van der Waals surface area contributed by atoms with Gasteiger partial charge in [0.15, 0.2) is 0 Å². The van der Waals surface area contributed by atoms with Crippen molar-refractivity contribution in [2.24, 2.45) is 11.8 Å². The molecule has 1 N–H and O–H groups in total. The number of carbonyl (C=O) groups excluding carboxylic acids is 2. The molecule has 2 aromatic carbocycles. The largest absolute Gasteiger partial charge is 0.347 e. The van der Waals surface area contributed by atoms with Crippen LogP contribution in [0.5, 0.6) is 0 Å². The van der Waals surface area contributed by atoms with E-state index in [1.807, 2.05) is 41.1 Å². The van der Waals surface area contributed by atoms with E-state index in [9.17, 15) is 9.59 Å². The van der Waals surface area contributed by atoms with Crippen LogP contribution < -0.4 is 10.2 Å². The number of hydrogen-bond donors (Lipinski definition) is 1. The maximum absolute atomic E-state index is 13.1. The van der Waals surface area contributed by atoms with Gasteiger partial charge in [-0.15, -0.1) is 5.10 Å². The fourth-order valence-corrected chi connectivity index (χ4v) is 5.36. The van der Waals surface area contributed by atoms with E-state index >= 15 is 0 Å². The van der Waals surface area contributed by atoms with Crippen molar-refractivity contribution in [3.8, 4) is 0 Å². The molecule has 0 radical (unpaired) electrons. The van der Waals surface area contributed by atoms with Crippen LogP contribution in [0.2, 0.25) is 5.02 Å². The van der Waals surface area contributed by atoms with Gasteiger partial charge in [0, 0.05) is 5.02 Å². The van der Waals surface area contributed by atoms with Crippen molar-refractivity contribution in [2.75, 3.05) is 10.2 Å². The second-order valence-electron chi connectivity index (χ2n) is 9.26. The maximum Gasteiger partial charge on any atom is 0.260 e. The molecule has 4 unspecified atom stereocenters. The van der Waals surface area contributed by atoms with E-state index < -0.39 is 0 Å². The lowest BCUT2D eigenvalue weighted by atomic mass is 9.85. The normalized spacial score (nSPS) is 25.8. The second-order valence-corrected chi connectivity index (χ2v) is 9.69. The van der Waals surface area contributed by atoms with Crippen LogP contribution >= 0.6 is 11.6 Å². The van der Waals surface area contributed by atoms with Gasteiger partial charge in [-0.1, -0.05) is 65.7 Å². The zero-order valence-electron chi connectivity index (χ0n) is 18.7. The predicted molar refractivity (Wildman–Crippen MR) is 130 cm³/mol. The lowest BCUT2D eigenvalue weighted by molar-refractivity contribution is -0.122. The molecule has 8 heteroatoms. The molecule has 1 saturated heterocycles. The monoisotopic (exact) mass is 473 g/mol. The molecule has 1 aromatic heterocycles. The molecule has 6 rings (SSSR count). The summed E-state index contributed by atoms with van der Waals surface area (Å²) in [6.45, 7) is 2.06. The van der Waals surface area contributed by atoms with Gasteiger partial charge in [0.1, 0.15) is 0 Å². The van der Waals surface area contributed by atoms with Gasteiger partial charge in [-0.3, -0.25) is 9.59 Å². The van der Waals surface area contributed by atoms with Crippen LogP contribution in [0.25, 0.3) is 0 Å². The molecule has 1 fully saturated rings. The minimum Gasteiger partial charge on any atom is -0.347 e. The van der Waals surface area contributed by atoms with E-state index in [0.717, 1.165) is 17.5 Å². The Hall–Kier alpha value is -3.45. The number of allylic oxidation sites excluding steroid dienone is 2. The molecule has 0 spiro atoms. The number of anilines is 2. The third-order valence-corrected chi connectivity index (χ3v) is 7.37. The Kier molecular flexibility index (Phi) is 5.03. The highest BCUT2D eigenvalue weighted by Crippen LogP contribution is 2.41. The van der Waals surface area contributed by atoms with Gasteiger partial charge >= 0.3 is 0 Å². The summed E-state index contributed by atoms with van der Waals surface area (Å²) in [6.07, 6.45) is 5.86. The number of imide groups is 1. The number of hydrogen-bond acceptors (Lipinski definition) is 5. The molecular weight excluding hydrogens is 450 g/mol. The first kappa shape index (κ1) is 21.1. The third-order valence-electron chi connectivity index (χ3n) is 7.12. The molecular formula is C26H24ClN5O2. The molecule has 4 atom stereocenters. The number of rotatable bonds is 3. The van der Waals surface area contributed by atoms with Crippen molar-refractivity contribution in [2.45, 2.75) is 38.3 Å². The van der Waals surface area contributed by atoms with E-state index in [0.29, 0.717) is 23.8 Å². The summed E-state index contributed by atoms with van der Waals surface area (Å²) >= 11 is 6.11. The standard InChI is InChI=1S/C26H24ClN5O2/c1-15-6-8-17(9-7-15)22-14-21(16-10-12-18(27)13-11-16)28-25-29-26(30-32(22)25)31-23(33)19-4-2-3-5-20(19)24(31)34/h2-3,6-13,19-22H,4-5,14H2,1H3,(H,28,29,30). The fourth-order valence-electron chi connectivity index (χ4n) is 5.24. The number of aromatic nitrogens is 3. The van der Waals surface area contributed by atoms with E-state index in [-0.39, 0.29) is 41.7 Å². The first-order chi connectivity index (χ1) is 16.5. The number of carbonyl (C=O) groups is 2. The second kappa shape index (κ2) is 8.09. The number of nitrogens with zero attached hydrogens (tertiary/aromatic N) is 4. The fraction of sp³-hybridized carbons (Fsp3) is 0.308. The van der Waals surface area contributed by atoms with Gasteiger partial charge in [0.2, 0.25) is 17.8 Å². The van der Waals surface area contributed by atoms with Crippen LogP contribution in [0, 0.1) is 18.8 Å². The van der Waals surface area contributed by atoms with Crippen LogP contribution in [-0.4, -0.2) is 26.6 Å². The summed E-state index contributed by atoms with van der Waals surface area (Å²) in [5.41, 5.74) is 3.36. The molecule has 2 aliphatic heterocycles. The summed E-state index contributed by atoms with van der Waals surface area (Å²) in [5.74, 6) is -0.352. The minimum atomic E-state index is -0.319. The topological polar surface area (TPSA) is 80.1 Å². The highest BCUT2D eigenvalue weighted by atomic mass is 35.5. The van der Waals surface area contributed by atoms with Crippen LogP contribution in [0.15, 0.2) is 60.7 Å². The average molecular weight is 474 g/mol. The molecule has 172 valence electrons. The molecule has 1 aliphatic carbocycles. The number of fused-ring (bicyclic) bond motifs is 2. The van der Waals surface area contributed by atoms with Crippen molar-refractivity contribution in [3.63, 3.8) is 0 Å². The van der Waals surface area contributed by atoms with Crippen LogP contribution in [-0.2, 0) is 9.59 Å². The van der Waals surface area contributed by atoms with Gasteiger partial charge in [-0.25, -0.2) is 9.58 Å². The van der Waals surface area contributed by atoms with Gasteiger partial charge in [-0.05, 0) is 49.4 Å². The number of halogens is 1. The van der Waals surface area contributed by atoms with Gasteiger partial charge in [0.25, 0.3) is 5.95 Å². The van der Waals surface area contributed by atoms with Gasteiger partial charge in [-0.2, -0.15) is 4.98 Å². The first-order valence-corrected chi connectivity index (χ1v) is 12.0. The van der Waals surface area contributed by atoms with Crippen molar-refractivity contribution in [1.29, 1.82) is 0 Å². The molecule has 0 bridgehead atoms. The number of aryl methyl sites for hydroxylation is 1. The molecule has 34 heavy (non-hydrogen) atoms. The zero-order chi connectivity index (χ0) is 23.4. The Balaban J connectivity index is 1.40. The Bertz CT molecular complexity index is 1270. The smallest absolute Gasteiger partial charge is 0.260 e. The Morgan fingerprint density at radius 2 is 1.53 bits per heavy atom. The molecule has 3 heterocycles. The number of amides is 2. The van der Waals surface area contributed by atoms with Crippen LogP contribution in [0.1, 0.15) is 48.0 Å². The lowest BCUT2D eigenvalue weighted by Gasteiger charge is -2.31. The quantitative estimate of drug-likeness (QED) is 0.435. The van der Waals surface area contributed by atoms with Gasteiger partial charge in [0.05, 0.1) is 23.9 Å². The van der Waals surface area contributed by atoms with Crippen molar-refractivity contribution in [1.82, 2.24) is 14.8 Å². The van der Waals surface area contributed by atoms with Crippen molar-refractivity contribution < 1.29 is 9.59 Å². The Morgan fingerprint density at radius 3 is 2.18 bits per heavy atom. The highest BCUT2D eigenvalue weighted by molar-refractivity contribution is 6.30. The molecule has 3 aromatic rings. The number of nitrogens with one attached hydrogen (secondary N) is 1. The van der Waals surface area contributed by atoms with E-state index in [1.165, 1.54) is 10.5 Å². The maximum atomic E-state index is 13.1. The van der Waals surface area contributed by atoms with Crippen molar-refractivity contribution in [3.05, 3.63) is 82.4 Å². The van der Waals surface area contributed by atoms with Crippen LogP contribution in [0.3, 0.4) is 0 Å². The molecule has 2 amide bonds. The van der Waals surface area contributed by atoms with E-state index in [2.05, 4.69) is 41.5 Å². The van der Waals surface area contributed by atoms with Crippen LogP contribution in [0.4, 0.5) is 11.9 Å². The summed E-state index contributed by atoms with van der Waals surface area (Å²) in [4.78, 5) is 32.1. The van der Waals surface area contributed by atoms with E-state index in [4.69, 9.17) is 16.7 Å². The summed E-state index contributed by atoms with van der Waals surface area (Å²) < 4.78 is 1.81. The summed E-state index contributed by atoms with van der Waals surface area (Å²) in [7, 11) is 0. The average Bonchev–Trinajstić information content (AvgIpc) is 3.38. The minimum absolute atomic E-state index is 0.0233. The van der Waals surface area contributed by atoms with Gasteiger partial charge < -0.3 is 5.32 Å². The predicted octanol–water partition coefficient (Wildman–Crippen LogP) is 4.84. The molecule has 7 nitrogen and oxygen atoms in total. The molecule has 3 aliphatic rings. The Labute approximate surface area is 202 Å². The third kappa shape index (κ3) is 3.42. The highest BCUT2D eigenvalue weighted by Gasteiger charge is 2.49. The first-order valence-electron chi connectivity index (χ1n) is 11.6. The Morgan fingerprint density at radius 1 is 0.912 bits per heavy atom. The summed E-state index contributed by atoms with van der Waals surface area (Å²) in [6, 6.07) is 16.0. The van der Waals surface area contributed by atoms with Crippen molar-refractivity contribution >= 4 is 35.3 Å². The molecule has 0 saturated carbocycles. The number of benzene rings is 2. The van der Waals surface area contributed by atoms with E-state index in [1.54, 1.807) is 0 Å². The lowest BCUT2D eigenvalue weighted by Crippen LogP contribution is -2.32.